The van der Waals surface area contributed by atoms with Gasteiger partial charge < -0.3 is 9.64 Å². The Morgan fingerprint density at radius 3 is 2.56 bits per heavy atom. The molecule has 0 saturated carbocycles. The first kappa shape index (κ1) is 26.4. The Labute approximate surface area is 220 Å². The fourth-order valence-corrected chi connectivity index (χ4v) is 7.35. The van der Waals surface area contributed by atoms with Crippen LogP contribution in [0.15, 0.2) is 35.0 Å². The maximum atomic E-state index is 6.50. The van der Waals surface area contributed by atoms with E-state index in [0.717, 1.165) is 37.0 Å². The molecule has 1 aromatic carbocycles. The molecule has 3 heterocycles. The van der Waals surface area contributed by atoms with Crippen LogP contribution in [0.3, 0.4) is 0 Å². The van der Waals surface area contributed by atoms with Crippen LogP contribution in [0.5, 0.6) is 0 Å². The van der Waals surface area contributed by atoms with E-state index < -0.39 is 0 Å². The van der Waals surface area contributed by atoms with Gasteiger partial charge in [0.05, 0.1) is 5.60 Å². The van der Waals surface area contributed by atoms with Crippen molar-refractivity contribution in [2.45, 2.75) is 64.0 Å². The van der Waals surface area contributed by atoms with E-state index in [-0.39, 0.29) is 5.60 Å². The van der Waals surface area contributed by atoms with Crippen LogP contribution in [0, 0.1) is 11.8 Å². The van der Waals surface area contributed by atoms with E-state index in [0.29, 0.717) is 16.9 Å². The Bertz CT molecular complexity index is 900. The van der Waals surface area contributed by atoms with Gasteiger partial charge in [0, 0.05) is 49.3 Å². The summed E-state index contributed by atoms with van der Waals surface area (Å²) in [7, 11) is 1.89. The van der Waals surface area contributed by atoms with Gasteiger partial charge in [0.2, 0.25) is 0 Å². The molecule has 3 nitrogen and oxygen atoms in total. The van der Waals surface area contributed by atoms with E-state index >= 15 is 0 Å². The molecule has 2 aliphatic rings. The largest absolute Gasteiger partial charge is 0.379 e. The van der Waals surface area contributed by atoms with Crippen LogP contribution in [0.25, 0.3) is 0 Å². The van der Waals surface area contributed by atoms with Crippen molar-refractivity contribution in [3.05, 3.63) is 56.2 Å². The first-order chi connectivity index (χ1) is 16.4. The summed E-state index contributed by atoms with van der Waals surface area (Å²) in [6.07, 6.45) is 6.13. The van der Waals surface area contributed by atoms with Gasteiger partial charge in [0.15, 0.2) is 0 Å². The summed E-state index contributed by atoms with van der Waals surface area (Å²) in [6.45, 7) is 11.3. The highest BCUT2D eigenvalue weighted by Crippen LogP contribution is 2.37. The number of hydrogen-bond acceptors (Lipinski definition) is 4. The van der Waals surface area contributed by atoms with E-state index in [1.165, 1.54) is 56.4 Å². The zero-order valence-corrected chi connectivity index (χ0v) is 23.3. The Hall–Kier alpha value is -0.620. The van der Waals surface area contributed by atoms with Gasteiger partial charge in [0.25, 0.3) is 0 Å². The van der Waals surface area contributed by atoms with Gasteiger partial charge in [-0.1, -0.05) is 42.6 Å². The summed E-state index contributed by atoms with van der Waals surface area (Å²) in [5, 5.41) is 6.05. The first-order valence-electron chi connectivity index (χ1n) is 12.8. The summed E-state index contributed by atoms with van der Waals surface area (Å²) in [6, 6.07) is 8.22. The highest BCUT2D eigenvalue weighted by Gasteiger charge is 2.36. The molecular formula is C28H40Cl2N2OS. The monoisotopic (exact) mass is 522 g/mol. The lowest BCUT2D eigenvalue weighted by Gasteiger charge is -2.38. The van der Waals surface area contributed by atoms with E-state index in [4.69, 9.17) is 27.9 Å². The molecule has 0 amide bonds. The zero-order valence-electron chi connectivity index (χ0n) is 20.9. The van der Waals surface area contributed by atoms with Crippen LogP contribution < -0.4 is 0 Å². The van der Waals surface area contributed by atoms with E-state index in [2.05, 4.69) is 46.5 Å². The second kappa shape index (κ2) is 12.1. The molecule has 4 rings (SSSR count). The van der Waals surface area contributed by atoms with Gasteiger partial charge >= 0.3 is 0 Å². The van der Waals surface area contributed by atoms with Crippen LogP contribution in [0.4, 0.5) is 0 Å². The maximum Gasteiger partial charge on any atom is 0.0653 e. The van der Waals surface area contributed by atoms with Gasteiger partial charge in [0.1, 0.15) is 0 Å². The SMILES string of the molecule is CCCC(C)(CC1CCN(CC2CN(Cc3ccc(Cl)cc3Cl)C[C@@H]2c2ccsc2)CC1)OC. The summed E-state index contributed by atoms with van der Waals surface area (Å²) < 4.78 is 5.91. The van der Waals surface area contributed by atoms with E-state index in [1.807, 2.05) is 30.6 Å². The average Bonchev–Trinajstić information content (AvgIpc) is 3.47. The van der Waals surface area contributed by atoms with Gasteiger partial charge in [-0.05, 0) is 97.6 Å². The summed E-state index contributed by atoms with van der Waals surface area (Å²) in [5.74, 6) is 2.03. The lowest BCUT2D eigenvalue weighted by atomic mass is 9.82. The molecule has 2 aliphatic heterocycles. The zero-order chi connectivity index (χ0) is 24.1. The Morgan fingerprint density at radius 2 is 1.91 bits per heavy atom. The van der Waals surface area contributed by atoms with Crippen molar-refractivity contribution < 1.29 is 4.74 Å². The Balaban J connectivity index is 1.35. The third-order valence-electron chi connectivity index (χ3n) is 8.09. The van der Waals surface area contributed by atoms with Crippen molar-refractivity contribution in [1.82, 2.24) is 9.80 Å². The minimum Gasteiger partial charge on any atom is -0.379 e. The van der Waals surface area contributed by atoms with Gasteiger partial charge in [-0.3, -0.25) is 4.90 Å². The van der Waals surface area contributed by atoms with Crippen molar-refractivity contribution >= 4 is 34.5 Å². The Kier molecular flexibility index (Phi) is 9.39. The number of hydrogen-bond donors (Lipinski definition) is 0. The second-order valence-electron chi connectivity index (χ2n) is 10.7. The topological polar surface area (TPSA) is 15.7 Å². The predicted molar refractivity (Wildman–Crippen MR) is 146 cm³/mol. The van der Waals surface area contributed by atoms with Crippen molar-refractivity contribution in [3.8, 4) is 0 Å². The van der Waals surface area contributed by atoms with Crippen molar-refractivity contribution in [2.24, 2.45) is 11.8 Å². The lowest BCUT2D eigenvalue weighted by Crippen LogP contribution is -2.41. The first-order valence-corrected chi connectivity index (χ1v) is 14.5. The van der Waals surface area contributed by atoms with Gasteiger partial charge in [-0.2, -0.15) is 11.3 Å². The number of nitrogens with zero attached hydrogens (tertiary/aromatic N) is 2. The molecule has 0 aliphatic carbocycles. The number of thiophene rings is 1. The second-order valence-corrected chi connectivity index (χ2v) is 12.3. The molecule has 34 heavy (non-hydrogen) atoms. The number of piperidine rings is 1. The molecule has 2 aromatic rings. The predicted octanol–water partition coefficient (Wildman–Crippen LogP) is 7.58. The molecule has 2 fully saturated rings. The number of likely N-dealkylation sites (tertiary alicyclic amines) is 2. The molecule has 1 aromatic heterocycles. The van der Waals surface area contributed by atoms with Crippen LogP contribution in [-0.4, -0.2) is 55.2 Å². The maximum absolute atomic E-state index is 6.50. The third kappa shape index (κ3) is 6.78. The summed E-state index contributed by atoms with van der Waals surface area (Å²) in [4.78, 5) is 5.31. The average molecular weight is 524 g/mol. The van der Waals surface area contributed by atoms with Crippen LogP contribution >= 0.6 is 34.5 Å². The number of halogens is 2. The van der Waals surface area contributed by atoms with Gasteiger partial charge in [-0.25, -0.2) is 0 Å². The van der Waals surface area contributed by atoms with Crippen LogP contribution in [0.2, 0.25) is 10.0 Å². The number of methoxy groups -OCH3 is 1. The van der Waals surface area contributed by atoms with Crippen molar-refractivity contribution in [2.75, 3.05) is 39.8 Å². The molecular weight excluding hydrogens is 483 g/mol. The molecule has 188 valence electrons. The molecule has 2 unspecified atom stereocenters. The lowest BCUT2D eigenvalue weighted by molar-refractivity contribution is -0.0286. The molecule has 2 saturated heterocycles. The summed E-state index contributed by atoms with van der Waals surface area (Å²) in [5.41, 5.74) is 2.72. The highest BCUT2D eigenvalue weighted by atomic mass is 35.5. The van der Waals surface area contributed by atoms with E-state index in [1.54, 1.807) is 0 Å². The molecule has 3 atom stereocenters. The minimum atomic E-state index is 0.0422. The smallest absolute Gasteiger partial charge is 0.0653 e. The van der Waals surface area contributed by atoms with Crippen LogP contribution in [0.1, 0.15) is 63.0 Å². The fraction of sp³-hybridized carbons (Fsp3) is 0.643. The standard InChI is InChI=1S/C28H40Cl2N2OS/c1-4-10-28(2,33-3)15-21-7-11-31(12-8-21)17-24-18-32(19-26(24)23-9-13-34-20-23)16-22-5-6-25(29)14-27(22)30/h5-6,9,13-14,20-21,24,26H,4,7-8,10-12,15-19H2,1-3H3/t24?,26-,28?/m1/s1. The molecule has 0 radical (unpaired) electrons. The molecule has 6 heteroatoms. The number of benzene rings is 1. The fourth-order valence-electron chi connectivity index (χ4n) is 6.16. The molecule has 0 N–H and O–H groups in total. The minimum absolute atomic E-state index is 0.0422. The van der Waals surface area contributed by atoms with E-state index in [9.17, 15) is 0 Å². The number of ether oxygens (including phenoxy) is 1. The third-order valence-corrected chi connectivity index (χ3v) is 9.38. The Morgan fingerprint density at radius 1 is 1.12 bits per heavy atom. The molecule has 0 spiro atoms. The highest BCUT2D eigenvalue weighted by molar-refractivity contribution is 7.08. The van der Waals surface area contributed by atoms with Gasteiger partial charge in [-0.15, -0.1) is 0 Å². The molecule has 0 bridgehead atoms. The summed E-state index contributed by atoms with van der Waals surface area (Å²) >= 11 is 14.4. The van der Waals surface area contributed by atoms with Crippen LogP contribution in [-0.2, 0) is 11.3 Å². The quantitative estimate of drug-likeness (QED) is 0.319. The van der Waals surface area contributed by atoms with Crippen molar-refractivity contribution in [1.29, 1.82) is 0 Å². The number of rotatable bonds is 10. The van der Waals surface area contributed by atoms with Crippen molar-refractivity contribution in [3.63, 3.8) is 0 Å². The normalized spacial score (nSPS) is 24.5.